The number of nitrogens with one attached hydrogen (secondary N) is 1. The van der Waals surface area contributed by atoms with Crippen LogP contribution in [0.1, 0.15) is 40.9 Å². The van der Waals surface area contributed by atoms with E-state index in [1.807, 2.05) is 24.3 Å². The minimum absolute atomic E-state index is 0.166. The van der Waals surface area contributed by atoms with E-state index in [1.165, 1.54) is 12.1 Å². The van der Waals surface area contributed by atoms with Gasteiger partial charge in [-0.25, -0.2) is 9.18 Å². The number of hydrogen-bond donors (Lipinski definition) is 3. The Labute approximate surface area is 171 Å². The highest BCUT2D eigenvalue weighted by molar-refractivity contribution is 7.27. The van der Waals surface area contributed by atoms with E-state index >= 15 is 0 Å². The van der Waals surface area contributed by atoms with Gasteiger partial charge in [-0.2, -0.15) is 0 Å². The number of rotatable bonds is 8. The van der Waals surface area contributed by atoms with Gasteiger partial charge in [0, 0.05) is 11.8 Å². The van der Waals surface area contributed by atoms with E-state index in [9.17, 15) is 14.0 Å². The van der Waals surface area contributed by atoms with Crippen LogP contribution < -0.4 is 16.4 Å². The number of carbonyl (C=O) groups is 2. The first-order valence-electron chi connectivity index (χ1n) is 9.06. The molecule has 4 N–H and O–H groups in total. The zero-order valence-electron chi connectivity index (χ0n) is 16.1. The first-order chi connectivity index (χ1) is 13.8. The van der Waals surface area contributed by atoms with Crippen molar-refractivity contribution in [3.63, 3.8) is 0 Å². The Hall–Kier alpha value is -2.98. The van der Waals surface area contributed by atoms with Crippen LogP contribution >= 0.6 is 9.24 Å². The summed E-state index contributed by atoms with van der Waals surface area (Å²) >= 11 is 0. The number of hydrogen-bond acceptors (Lipinski definition) is 3. The van der Waals surface area contributed by atoms with Crippen LogP contribution in [-0.2, 0) is 11.2 Å². The van der Waals surface area contributed by atoms with Gasteiger partial charge < -0.3 is 16.2 Å². The van der Waals surface area contributed by atoms with Crippen molar-refractivity contribution in [3.8, 4) is 0 Å². The molecule has 7 heteroatoms. The van der Waals surface area contributed by atoms with Crippen LogP contribution in [-0.4, -0.2) is 17.0 Å². The van der Waals surface area contributed by atoms with E-state index < -0.39 is 17.7 Å². The first kappa shape index (κ1) is 22.3. The maximum atomic E-state index is 13.7. The van der Waals surface area contributed by atoms with Crippen LogP contribution in [0.2, 0.25) is 0 Å². The summed E-state index contributed by atoms with van der Waals surface area (Å²) in [7, 11) is 2.61. The predicted octanol–water partition coefficient (Wildman–Crippen LogP) is 3.39. The lowest BCUT2D eigenvalue weighted by atomic mass is 10.0. The molecular formula is C22H24FN2O3P. The molecule has 0 bridgehead atoms. The summed E-state index contributed by atoms with van der Waals surface area (Å²) in [6.45, 7) is 1.78. The van der Waals surface area contributed by atoms with Crippen molar-refractivity contribution in [3.05, 3.63) is 88.9 Å². The Morgan fingerprint density at radius 2 is 1.79 bits per heavy atom. The van der Waals surface area contributed by atoms with Crippen molar-refractivity contribution < 1.29 is 19.1 Å². The Kier molecular flexibility index (Phi) is 8.10. The molecular weight excluding hydrogens is 390 g/mol. The van der Waals surface area contributed by atoms with E-state index in [0.717, 1.165) is 28.7 Å². The number of aryl methyl sites for hydroxylation is 1. The van der Waals surface area contributed by atoms with Gasteiger partial charge >= 0.3 is 5.97 Å². The van der Waals surface area contributed by atoms with E-state index in [-0.39, 0.29) is 17.2 Å². The maximum absolute atomic E-state index is 13.7. The minimum Gasteiger partial charge on any atom is -0.478 e. The third-order valence-corrected chi connectivity index (χ3v) is 4.82. The molecule has 0 spiro atoms. The van der Waals surface area contributed by atoms with Crippen molar-refractivity contribution in [2.24, 2.45) is 5.73 Å². The van der Waals surface area contributed by atoms with Gasteiger partial charge in [0.15, 0.2) is 0 Å². The molecule has 2 rings (SSSR count). The van der Waals surface area contributed by atoms with Gasteiger partial charge in [-0.3, -0.25) is 4.79 Å². The van der Waals surface area contributed by atoms with E-state index in [4.69, 9.17) is 10.8 Å². The van der Waals surface area contributed by atoms with E-state index in [0.29, 0.717) is 12.8 Å². The van der Waals surface area contributed by atoms with Gasteiger partial charge in [-0.05, 0) is 54.4 Å². The van der Waals surface area contributed by atoms with Crippen LogP contribution in [0.25, 0.3) is 0 Å². The molecule has 2 atom stereocenters. The molecule has 0 aliphatic rings. The Morgan fingerprint density at radius 3 is 2.34 bits per heavy atom. The molecule has 29 heavy (non-hydrogen) atoms. The normalized spacial score (nSPS) is 13.1. The SMILES string of the molecule is CC(NC(=O)/C(=C/C(F)=C\N)CCc1ccc(P)cc1)c1ccc(C(=O)O)cc1. The van der Waals surface area contributed by atoms with Crippen molar-refractivity contribution in [2.45, 2.75) is 25.8 Å². The van der Waals surface area contributed by atoms with Gasteiger partial charge in [0.05, 0.1) is 11.6 Å². The molecule has 0 fully saturated rings. The Bertz CT molecular complexity index is 922. The fourth-order valence-corrected chi connectivity index (χ4v) is 2.91. The third kappa shape index (κ3) is 6.84. The average molecular weight is 414 g/mol. The molecule has 152 valence electrons. The van der Waals surface area contributed by atoms with Gasteiger partial charge in [0.1, 0.15) is 5.83 Å². The van der Waals surface area contributed by atoms with Crippen molar-refractivity contribution in [1.82, 2.24) is 5.32 Å². The van der Waals surface area contributed by atoms with Gasteiger partial charge in [-0.15, -0.1) is 9.24 Å². The lowest BCUT2D eigenvalue weighted by Gasteiger charge is -2.16. The van der Waals surface area contributed by atoms with E-state index in [2.05, 4.69) is 14.6 Å². The number of carbonyl (C=O) groups excluding carboxylic acids is 1. The highest BCUT2D eigenvalue weighted by Gasteiger charge is 2.15. The van der Waals surface area contributed by atoms with Crippen molar-refractivity contribution in [2.75, 3.05) is 0 Å². The molecule has 0 saturated heterocycles. The highest BCUT2D eigenvalue weighted by Crippen LogP contribution is 2.17. The molecule has 2 unspecified atom stereocenters. The number of benzene rings is 2. The molecule has 1 amide bonds. The topological polar surface area (TPSA) is 92.4 Å². The average Bonchev–Trinajstić information content (AvgIpc) is 2.71. The second kappa shape index (κ2) is 10.5. The quantitative estimate of drug-likeness (QED) is 0.351. The van der Waals surface area contributed by atoms with Gasteiger partial charge in [0.25, 0.3) is 0 Å². The summed E-state index contributed by atoms with van der Waals surface area (Å²) in [5.74, 6) is -2.11. The molecule has 5 nitrogen and oxygen atoms in total. The number of carboxylic acids is 1. The fourth-order valence-electron chi connectivity index (χ4n) is 2.72. The van der Waals surface area contributed by atoms with Crippen LogP contribution in [0.3, 0.4) is 0 Å². The standard InChI is InChI=1S/C22H24FN2O3P/c1-14(16-6-8-17(9-7-16)22(27)28)25-21(26)18(12-19(23)13-24)5-2-15-3-10-20(29)11-4-15/h3-4,6-14H,2,5,24,29H2,1H3,(H,25,26)(H,27,28)/b18-12+,19-13+. The monoisotopic (exact) mass is 414 g/mol. The summed E-state index contributed by atoms with van der Waals surface area (Å²) in [4.78, 5) is 23.7. The molecule has 2 aromatic rings. The number of aromatic carboxylic acids is 1. The Morgan fingerprint density at radius 1 is 1.17 bits per heavy atom. The summed E-state index contributed by atoms with van der Waals surface area (Å²) in [5.41, 5.74) is 7.43. The van der Waals surface area contributed by atoms with E-state index in [1.54, 1.807) is 19.1 Å². The van der Waals surface area contributed by atoms with Gasteiger partial charge in [-0.1, -0.05) is 36.4 Å². The lowest BCUT2D eigenvalue weighted by molar-refractivity contribution is -0.118. The lowest BCUT2D eigenvalue weighted by Crippen LogP contribution is -2.28. The van der Waals surface area contributed by atoms with Crippen molar-refractivity contribution in [1.29, 1.82) is 0 Å². The second-order valence-electron chi connectivity index (χ2n) is 6.59. The van der Waals surface area contributed by atoms with Crippen LogP contribution in [0, 0.1) is 0 Å². The minimum atomic E-state index is -1.02. The summed E-state index contributed by atoms with van der Waals surface area (Å²) in [6, 6.07) is 13.7. The zero-order valence-corrected chi connectivity index (χ0v) is 17.2. The second-order valence-corrected chi connectivity index (χ2v) is 7.25. The number of halogens is 1. The van der Waals surface area contributed by atoms with Crippen molar-refractivity contribution >= 4 is 26.4 Å². The summed E-state index contributed by atoms with van der Waals surface area (Å²) < 4.78 is 13.7. The molecule has 0 aliphatic heterocycles. The largest absolute Gasteiger partial charge is 0.478 e. The maximum Gasteiger partial charge on any atom is 0.335 e. The molecule has 0 radical (unpaired) electrons. The molecule has 0 aromatic heterocycles. The van der Waals surface area contributed by atoms with Crippen LogP contribution in [0.4, 0.5) is 4.39 Å². The molecule has 2 aromatic carbocycles. The molecule has 0 aliphatic carbocycles. The first-order valence-corrected chi connectivity index (χ1v) is 9.64. The number of allylic oxidation sites excluding steroid dienone is 2. The molecule has 0 saturated carbocycles. The number of nitrogens with two attached hydrogens (primary N) is 1. The van der Waals surface area contributed by atoms with Crippen LogP contribution in [0.15, 0.2) is 72.2 Å². The smallest absolute Gasteiger partial charge is 0.335 e. The predicted molar refractivity (Wildman–Crippen MR) is 116 cm³/mol. The third-order valence-electron chi connectivity index (χ3n) is 4.43. The fraction of sp³-hybridized carbons (Fsp3) is 0.182. The zero-order chi connectivity index (χ0) is 21.4. The Balaban J connectivity index is 2.10. The number of carboxylic acid groups (broad SMARTS) is 1. The van der Waals surface area contributed by atoms with Gasteiger partial charge in [0.2, 0.25) is 5.91 Å². The molecule has 0 heterocycles. The summed E-state index contributed by atoms with van der Waals surface area (Å²) in [6.07, 6.45) is 2.86. The highest BCUT2D eigenvalue weighted by atomic mass is 31.0. The van der Waals surface area contributed by atoms with Crippen LogP contribution in [0.5, 0.6) is 0 Å². The summed E-state index contributed by atoms with van der Waals surface area (Å²) in [5, 5.41) is 12.9. The number of amides is 1.